The van der Waals surface area contributed by atoms with Gasteiger partial charge in [-0.15, -0.1) is 0 Å². The second kappa shape index (κ2) is 6.07. The van der Waals surface area contributed by atoms with Crippen LogP contribution in [-0.2, 0) is 5.60 Å². The van der Waals surface area contributed by atoms with Crippen molar-refractivity contribution in [3.05, 3.63) is 65.7 Å². The molecule has 0 fully saturated rings. The predicted molar refractivity (Wildman–Crippen MR) is 78.6 cm³/mol. The van der Waals surface area contributed by atoms with Crippen LogP contribution < -0.4 is 4.74 Å². The first-order valence-electron chi connectivity index (χ1n) is 6.68. The molecule has 0 bridgehead atoms. The molecule has 2 atom stereocenters. The van der Waals surface area contributed by atoms with Gasteiger partial charge in [-0.25, -0.2) is 0 Å². The second-order valence-corrected chi connectivity index (χ2v) is 5.17. The molecule has 0 aliphatic rings. The lowest BCUT2D eigenvalue weighted by Gasteiger charge is -2.24. The fourth-order valence-electron chi connectivity index (χ4n) is 1.95. The normalized spacial score (nSPS) is 15.4. The van der Waals surface area contributed by atoms with E-state index in [1.807, 2.05) is 42.5 Å². The Morgan fingerprint density at radius 2 is 1.65 bits per heavy atom. The molecule has 20 heavy (non-hydrogen) atoms. The number of aliphatic hydroxyl groups is 2. The molecule has 0 radical (unpaired) electrons. The Labute approximate surface area is 119 Å². The van der Waals surface area contributed by atoms with Crippen molar-refractivity contribution in [3.8, 4) is 5.75 Å². The van der Waals surface area contributed by atoms with Crippen molar-refractivity contribution >= 4 is 0 Å². The zero-order chi connectivity index (χ0) is 14.6. The van der Waals surface area contributed by atoms with Gasteiger partial charge < -0.3 is 14.9 Å². The molecule has 0 heterocycles. The fraction of sp³-hybridized carbons (Fsp3) is 0.294. The summed E-state index contributed by atoms with van der Waals surface area (Å²) < 4.78 is 5.63. The van der Waals surface area contributed by atoms with E-state index in [1.165, 1.54) is 0 Å². The zero-order valence-electron chi connectivity index (χ0n) is 11.8. The number of hydrogen-bond acceptors (Lipinski definition) is 3. The molecule has 2 aromatic carbocycles. The molecule has 106 valence electrons. The average molecular weight is 272 g/mol. The number of hydrogen-bond donors (Lipinski definition) is 2. The Morgan fingerprint density at radius 3 is 2.20 bits per heavy atom. The Kier molecular flexibility index (Phi) is 4.42. The molecule has 2 aromatic rings. The standard InChI is InChI=1S/C17H20O3/c1-13(18)14-8-10-16(11-9-14)20-12-17(2,19)15-6-4-3-5-7-15/h3-11,13,18-19H,12H2,1-2H3. The van der Waals surface area contributed by atoms with Crippen molar-refractivity contribution < 1.29 is 14.9 Å². The van der Waals surface area contributed by atoms with E-state index in [0.717, 1.165) is 11.1 Å². The van der Waals surface area contributed by atoms with Crippen molar-refractivity contribution in [1.29, 1.82) is 0 Å². The zero-order valence-corrected chi connectivity index (χ0v) is 11.8. The van der Waals surface area contributed by atoms with Crippen LogP contribution in [0.15, 0.2) is 54.6 Å². The Hall–Kier alpha value is -1.84. The van der Waals surface area contributed by atoms with Crippen molar-refractivity contribution in [1.82, 2.24) is 0 Å². The maximum atomic E-state index is 10.4. The Balaban J connectivity index is 2.01. The van der Waals surface area contributed by atoms with Crippen molar-refractivity contribution in [2.24, 2.45) is 0 Å². The van der Waals surface area contributed by atoms with Crippen LogP contribution in [0.2, 0.25) is 0 Å². The number of rotatable bonds is 5. The van der Waals surface area contributed by atoms with E-state index in [2.05, 4.69) is 0 Å². The molecular weight excluding hydrogens is 252 g/mol. The topological polar surface area (TPSA) is 49.7 Å². The van der Waals surface area contributed by atoms with E-state index in [4.69, 9.17) is 4.74 Å². The summed E-state index contributed by atoms with van der Waals surface area (Å²) in [7, 11) is 0. The summed E-state index contributed by atoms with van der Waals surface area (Å²) in [6.07, 6.45) is -0.489. The largest absolute Gasteiger partial charge is 0.490 e. The average Bonchev–Trinajstić information content (AvgIpc) is 2.46. The van der Waals surface area contributed by atoms with Gasteiger partial charge in [-0.2, -0.15) is 0 Å². The molecule has 0 amide bonds. The number of ether oxygens (including phenoxy) is 1. The smallest absolute Gasteiger partial charge is 0.121 e. The molecule has 0 aromatic heterocycles. The molecule has 0 saturated heterocycles. The minimum Gasteiger partial charge on any atom is -0.490 e. The third-order valence-corrected chi connectivity index (χ3v) is 3.28. The third kappa shape index (κ3) is 3.59. The van der Waals surface area contributed by atoms with Gasteiger partial charge in [-0.3, -0.25) is 0 Å². The number of aliphatic hydroxyl groups excluding tert-OH is 1. The van der Waals surface area contributed by atoms with E-state index in [1.54, 1.807) is 26.0 Å². The minimum atomic E-state index is -1.04. The second-order valence-electron chi connectivity index (χ2n) is 5.17. The van der Waals surface area contributed by atoms with Crippen LogP contribution in [0.5, 0.6) is 5.75 Å². The molecule has 2 rings (SSSR count). The first-order valence-corrected chi connectivity index (χ1v) is 6.68. The first-order chi connectivity index (χ1) is 9.49. The van der Waals surface area contributed by atoms with Crippen LogP contribution in [0.3, 0.4) is 0 Å². The molecular formula is C17H20O3. The van der Waals surface area contributed by atoms with E-state index < -0.39 is 11.7 Å². The van der Waals surface area contributed by atoms with Crippen LogP contribution in [0.4, 0.5) is 0 Å². The van der Waals surface area contributed by atoms with Gasteiger partial charge in [0.2, 0.25) is 0 Å². The molecule has 3 nitrogen and oxygen atoms in total. The quantitative estimate of drug-likeness (QED) is 0.879. The highest BCUT2D eigenvalue weighted by Crippen LogP contribution is 2.23. The summed E-state index contributed by atoms with van der Waals surface area (Å²) >= 11 is 0. The molecule has 0 aliphatic carbocycles. The van der Waals surface area contributed by atoms with Crippen molar-refractivity contribution in [2.45, 2.75) is 25.6 Å². The summed E-state index contributed by atoms with van der Waals surface area (Å²) in [5.74, 6) is 0.672. The molecule has 2 N–H and O–H groups in total. The van der Waals surface area contributed by atoms with Crippen molar-refractivity contribution in [3.63, 3.8) is 0 Å². The molecule has 0 aliphatic heterocycles. The summed E-state index contributed by atoms with van der Waals surface area (Å²) in [5.41, 5.74) is 0.622. The van der Waals surface area contributed by atoms with Crippen LogP contribution in [0.1, 0.15) is 31.1 Å². The Bertz CT molecular complexity index is 530. The van der Waals surface area contributed by atoms with E-state index in [9.17, 15) is 10.2 Å². The summed E-state index contributed by atoms with van der Waals surface area (Å²) in [6.45, 7) is 3.62. The highest BCUT2D eigenvalue weighted by Gasteiger charge is 2.23. The van der Waals surface area contributed by atoms with Gasteiger partial charge in [-0.05, 0) is 37.1 Å². The maximum absolute atomic E-state index is 10.4. The summed E-state index contributed by atoms with van der Waals surface area (Å²) in [4.78, 5) is 0. The van der Waals surface area contributed by atoms with Crippen LogP contribution in [0, 0.1) is 0 Å². The van der Waals surface area contributed by atoms with Gasteiger partial charge >= 0.3 is 0 Å². The first kappa shape index (κ1) is 14.6. The van der Waals surface area contributed by atoms with Gasteiger partial charge in [0.1, 0.15) is 18.0 Å². The monoisotopic (exact) mass is 272 g/mol. The number of benzene rings is 2. The predicted octanol–water partition coefficient (Wildman–Crippen LogP) is 3.03. The fourth-order valence-corrected chi connectivity index (χ4v) is 1.95. The van der Waals surface area contributed by atoms with Crippen molar-refractivity contribution in [2.75, 3.05) is 6.61 Å². The Morgan fingerprint density at radius 1 is 1.05 bits per heavy atom. The van der Waals surface area contributed by atoms with E-state index in [0.29, 0.717) is 5.75 Å². The van der Waals surface area contributed by atoms with Gasteiger partial charge in [-0.1, -0.05) is 42.5 Å². The van der Waals surface area contributed by atoms with Crippen LogP contribution in [-0.4, -0.2) is 16.8 Å². The maximum Gasteiger partial charge on any atom is 0.121 e. The highest BCUT2D eigenvalue weighted by molar-refractivity contribution is 5.29. The minimum absolute atomic E-state index is 0.172. The molecule has 2 unspecified atom stereocenters. The van der Waals surface area contributed by atoms with Crippen LogP contribution in [0.25, 0.3) is 0 Å². The SMILES string of the molecule is CC(O)c1ccc(OCC(C)(O)c2ccccc2)cc1. The highest BCUT2D eigenvalue weighted by atomic mass is 16.5. The third-order valence-electron chi connectivity index (χ3n) is 3.28. The molecule has 3 heteroatoms. The van der Waals surface area contributed by atoms with E-state index in [-0.39, 0.29) is 6.61 Å². The lowest BCUT2D eigenvalue weighted by atomic mass is 9.97. The van der Waals surface area contributed by atoms with Crippen LogP contribution >= 0.6 is 0 Å². The van der Waals surface area contributed by atoms with Gasteiger partial charge in [0.05, 0.1) is 6.10 Å². The lowest BCUT2D eigenvalue weighted by Crippen LogP contribution is -2.29. The molecule has 0 spiro atoms. The van der Waals surface area contributed by atoms with Gasteiger partial charge in [0, 0.05) is 0 Å². The summed E-state index contributed by atoms with van der Waals surface area (Å²) in [5, 5.41) is 19.9. The van der Waals surface area contributed by atoms with E-state index >= 15 is 0 Å². The van der Waals surface area contributed by atoms with Gasteiger partial charge in [0.15, 0.2) is 0 Å². The molecule has 0 saturated carbocycles. The summed E-state index contributed by atoms with van der Waals surface area (Å²) in [6, 6.07) is 16.7. The lowest BCUT2D eigenvalue weighted by molar-refractivity contribution is 0.00758. The van der Waals surface area contributed by atoms with Gasteiger partial charge in [0.25, 0.3) is 0 Å².